The van der Waals surface area contributed by atoms with Crippen LogP contribution in [0.2, 0.25) is 0 Å². The van der Waals surface area contributed by atoms with Gasteiger partial charge in [-0.1, -0.05) is 34.6 Å². The summed E-state index contributed by atoms with van der Waals surface area (Å²) in [6.45, 7) is 28.4. The maximum atomic E-state index is 12.7. The lowest BCUT2D eigenvalue weighted by Crippen LogP contribution is -2.64. The molecule has 2 spiro atoms. The highest BCUT2D eigenvalue weighted by molar-refractivity contribution is 5.33. The van der Waals surface area contributed by atoms with E-state index in [2.05, 4.69) is 65.3 Å². The molecule has 8 nitrogen and oxygen atoms in total. The van der Waals surface area contributed by atoms with Crippen molar-refractivity contribution in [2.24, 2.45) is 56.7 Å². The van der Waals surface area contributed by atoms with Gasteiger partial charge in [0.15, 0.2) is 6.29 Å². The van der Waals surface area contributed by atoms with E-state index in [0.717, 1.165) is 32.5 Å². The number of aliphatic hydroxyl groups is 2. The number of likely N-dealkylation sites (tertiary alicyclic amines) is 1. The third kappa shape index (κ3) is 5.11. The predicted octanol–water partition coefficient (Wildman–Crippen LogP) is 6.36. The van der Waals surface area contributed by atoms with Gasteiger partial charge in [-0.05, 0) is 138 Å². The second-order valence-corrected chi connectivity index (χ2v) is 21.5. The van der Waals surface area contributed by atoms with Gasteiger partial charge in [-0.25, -0.2) is 0 Å². The highest BCUT2D eigenvalue weighted by Crippen LogP contribution is 2.89. The van der Waals surface area contributed by atoms with E-state index in [4.69, 9.17) is 18.9 Å². The number of fused-ring (bicyclic) bond motifs is 4. The minimum Gasteiger partial charge on any atom is -0.390 e. The maximum absolute atomic E-state index is 12.7. The van der Waals surface area contributed by atoms with Crippen LogP contribution in [0.5, 0.6) is 0 Å². The molecule has 51 heavy (non-hydrogen) atoms. The Labute approximate surface area is 310 Å². The van der Waals surface area contributed by atoms with Gasteiger partial charge in [0, 0.05) is 43.1 Å². The second-order valence-electron chi connectivity index (χ2n) is 21.5. The molecule has 5 saturated carbocycles. The fraction of sp³-hybridized carbons (Fsp3) is 1.00. The van der Waals surface area contributed by atoms with Crippen molar-refractivity contribution in [3.05, 3.63) is 0 Å². The molecule has 8 heteroatoms. The minimum absolute atomic E-state index is 0.0204. The molecule has 3 heterocycles. The highest BCUT2D eigenvalue weighted by atomic mass is 16.7. The molecular weight excluding hydrogens is 640 g/mol. The van der Waals surface area contributed by atoms with Crippen molar-refractivity contribution in [3.8, 4) is 0 Å². The Morgan fingerprint density at radius 3 is 2.29 bits per heavy atom. The molecule has 14 atom stereocenters. The van der Waals surface area contributed by atoms with Crippen LogP contribution in [-0.2, 0) is 18.9 Å². The van der Waals surface area contributed by atoms with Crippen LogP contribution in [0.25, 0.3) is 0 Å². The van der Waals surface area contributed by atoms with E-state index in [1.165, 1.54) is 51.6 Å². The Hall–Kier alpha value is -0.320. The zero-order chi connectivity index (χ0) is 36.7. The number of ether oxygens (including phenoxy) is 4. The Bertz CT molecular complexity index is 1330. The first kappa shape index (κ1) is 37.6. The van der Waals surface area contributed by atoms with Crippen molar-refractivity contribution in [2.75, 3.05) is 46.4 Å². The third-order valence-corrected chi connectivity index (χ3v) is 18.4. The summed E-state index contributed by atoms with van der Waals surface area (Å²) in [6, 6.07) is 0. The first-order valence-corrected chi connectivity index (χ1v) is 21.2. The number of nitrogens with zero attached hydrogens (tertiary/aromatic N) is 2. The molecule has 292 valence electrons. The minimum atomic E-state index is -1.01. The summed E-state index contributed by atoms with van der Waals surface area (Å²) >= 11 is 0. The second kappa shape index (κ2) is 12.1. The first-order chi connectivity index (χ1) is 23.8. The lowest BCUT2D eigenvalue weighted by Gasteiger charge is -2.64. The summed E-state index contributed by atoms with van der Waals surface area (Å²) in [5.74, 6) is 2.54. The van der Waals surface area contributed by atoms with Gasteiger partial charge < -0.3 is 34.1 Å². The topological polar surface area (TPSA) is 83.9 Å². The Balaban J connectivity index is 0.999. The molecule has 0 aromatic carbocycles. The van der Waals surface area contributed by atoms with Crippen molar-refractivity contribution in [3.63, 3.8) is 0 Å². The molecule has 0 aromatic rings. The molecule has 5 aliphatic carbocycles. The summed E-state index contributed by atoms with van der Waals surface area (Å²) < 4.78 is 26.6. The van der Waals surface area contributed by atoms with E-state index in [-0.39, 0.29) is 46.4 Å². The van der Waals surface area contributed by atoms with Crippen LogP contribution in [0.15, 0.2) is 0 Å². The van der Waals surface area contributed by atoms with Gasteiger partial charge in [0.25, 0.3) is 0 Å². The third-order valence-electron chi connectivity index (χ3n) is 18.4. The molecule has 5 unspecified atom stereocenters. The van der Waals surface area contributed by atoms with Crippen molar-refractivity contribution >= 4 is 0 Å². The van der Waals surface area contributed by atoms with Crippen LogP contribution in [-0.4, -0.2) is 114 Å². The number of morpholine rings is 1. The van der Waals surface area contributed by atoms with Gasteiger partial charge in [0.1, 0.15) is 6.10 Å². The molecule has 8 rings (SSSR count). The number of hydrogen-bond donors (Lipinski definition) is 2. The highest BCUT2D eigenvalue weighted by Gasteiger charge is 2.84. The predicted molar refractivity (Wildman–Crippen MR) is 199 cm³/mol. The van der Waals surface area contributed by atoms with Crippen LogP contribution < -0.4 is 0 Å². The molecule has 3 saturated heterocycles. The molecule has 0 amide bonds. The van der Waals surface area contributed by atoms with Gasteiger partial charge in [0.2, 0.25) is 0 Å². The van der Waals surface area contributed by atoms with Crippen LogP contribution in [0.3, 0.4) is 0 Å². The summed E-state index contributed by atoms with van der Waals surface area (Å²) in [4.78, 5) is 5.08. The molecule has 0 aromatic heterocycles. The normalized spacial score (nSPS) is 50.6. The van der Waals surface area contributed by atoms with Gasteiger partial charge in [0.05, 0.1) is 43.2 Å². The Kier molecular flexibility index (Phi) is 8.91. The van der Waals surface area contributed by atoms with Crippen molar-refractivity contribution in [1.29, 1.82) is 0 Å². The van der Waals surface area contributed by atoms with Gasteiger partial charge in [-0.2, -0.15) is 0 Å². The molecule has 2 N–H and O–H groups in total. The lowest BCUT2D eigenvalue weighted by atomic mass is 9.41. The fourth-order valence-corrected chi connectivity index (χ4v) is 15.5. The van der Waals surface area contributed by atoms with Crippen molar-refractivity contribution in [2.45, 2.75) is 169 Å². The SMILES string of the molecule is CCO[C@@H](C1C[C@@H](C)[C@H]2C(O1)[C@H](O)[C@@]1(C)C3CC[C@H]4C(C)(C)[C@@H](O[C@H]5CN(C(C)(C)C6CN(C)C6)CCO5)CCC45CC35CC[C@]21C)C(C)(C)O. The molecule has 3 aliphatic heterocycles. The first-order valence-electron chi connectivity index (χ1n) is 21.2. The van der Waals surface area contributed by atoms with E-state index in [1.54, 1.807) is 0 Å². The average molecular weight is 715 g/mol. The molecular formula is C43H74N2O6. The van der Waals surface area contributed by atoms with E-state index in [9.17, 15) is 10.2 Å². The van der Waals surface area contributed by atoms with Crippen molar-refractivity contribution < 1.29 is 29.2 Å². The molecule has 0 bridgehead atoms. The van der Waals surface area contributed by atoms with Gasteiger partial charge in [-0.15, -0.1) is 0 Å². The summed E-state index contributed by atoms with van der Waals surface area (Å²) in [6.07, 6.45) is 8.08. The van der Waals surface area contributed by atoms with E-state index in [0.29, 0.717) is 47.0 Å². The molecule has 8 fully saturated rings. The maximum Gasteiger partial charge on any atom is 0.170 e. The molecule has 0 radical (unpaired) electrons. The summed E-state index contributed by atoms with van der Waals surface area (Å²) in [5, 5.41) is 23.8. The summed E-state index contributed by atoms with van der Waals surface area (Å²) in [5.41, 5.74) is -0.305. The zero-order valence-electron chi connectivity index (χ0n) is 34.2. The smallest absolute Gasteiger partial charge is 0.170 e. The lowest BCUT2D eigenvalue weighted by molar-refractivity contribution is -0.256. The average Bonchev–Trinajstić information content (AvgIpc) is 3.67. The fourth-order valence-electron chi connectivity index (χ4n) is 15.5. The molecule has 8 aliphatic rings. The van der Waals surface area contributed by atoms with E-state index < -0.39 is 17.8 Å². The van der Waals surface area contributed by atoms with Crippen molar-refractivity contribution in [1.82, 2.24) is 9.80 Å². The number of aliphatic hydroxyl groups excluding tert-OH is 1. The quantitative estimate of drug-likeness (QED) is 0.301. The zero-order valence-corrected chi connectivity index (χ0v) is 34.2. The van der Waals surface area contributed by atoms with Gasteiger partial charge >= 0.3 is 0 Å². The standard InChI is InChI=1S/C43H74N2O6/c1-12-48-36(39(7,8)47)28-21-26(2)33-34(50-28)35(46)41(10)30-14-13-29-37(3,4)31(15-16-42(29)25-43(30,42)18-17-40(33,41)9)51-32-24-45(19-20-49-32)38(5,6)27-22-44(11)23-27/h26-36,46-47H,12-25H2,1-11H3/t26-,28?,29+,30?,31+,32+,33+,34?,35+,36+,40-,41-,42?,43?/m1/s1. The monoisotopic (exact) mass is 715 g/mol. The van der Waals surface area contributed by atoms with Gasteiger partial charge in [-0.3, -0.25) is 4.90 Å². The number of rotatable bonds is 8. The van der Waals surface area contributed by atoms with Crippen LogP contribution in [0.1, 0.15) is 121 Å². The summed E-state index contributed by atoms with van der Waals surface area (Å²) in [7, 11) is 2.23. The van der Waals surface area contributed by atoms with Crippen LogP contribution >= 0.6 is 0 Å². The van der Waals surface area contributed by atoms with Crippen LogP contribution in [0, 0.1) is 56.7 Å². The Morgan fingerprint density at radius 2 is 1.63 bits per heavy atom. The largest absolute Gasteiger partial charge is 0.390 e. The Morgan fingerprint density at radius 1 is 0.941 bits per heavy atom. The van der Waals surface area contributed by atoms with Crippen LogP contribution in [0.4, 0.5) is 0 Å². The van der Waals surface area contributed by atoms with E-state index in [1.807, 2.05) is 20.8 Å². The van der Waals surface area contributed by atoms with E-state index >= 15 is 0 Å². The number of hydrogen-bond acceptors (Lipinski definition) is 8.